The zero-order valence-electron chi connectivity index (χ0n) is 16.5. The maximum Gasteiger partial charge on any atom is 0.181 e. The first kappa shape index (κ1) is 17.9. The Morgan fingerprint density at radius 1 is 0.923 bits per heavy atom. The second-order valence-corrected chi connectivity index (χ2v) is 10.7. The van der Waals surface area contributed by atoms with E-state index >= 15 is 0 Å². The zero-order valence-corrected chi connectivity index (χ0v) is 16.5. The highest BCUT2D eigenvalue weighted by atomic mass is 16.7. The van der Waals surface area contributed by atoms with Crippen molar-refractivity contribution >= 4 is 0 Å². The highest BCUT2D eigenvalue weighted by Crippen LogP contribution is 2.65. The van der Waals surface area contributed by atoms with Crippen molar-refractivity contribution in [3.63, 3.8) is 0 Å². The second kappa shape index (κ2) is 6.46. The van der Waals surface area contributed by atoms with E-state index in [1.54, 1.807) is 0 Å². The summed E-state index contributed by atoms with van der Waals surface area (Å²) in [5.74, 6) is 3.67. The Balaban J connectivity index is 1.27. The number of ether oxygens (including phenoxy) is 1. The van der Waals surface area contributed by atoms with Crippen LogP contribution in [0.4, 0.5) is 0 Å². The lowest BCUT2D eigenvalue weighted by Crippen LogP contribution is -2.56. The number of fused-ring (bicyclic) bond motifs is 5. The van der Waals surface area contributed by atoms with E-state index in [1.807, 2.05) is 0 Å². The number of rotatable bonds is 4. The quantitative estimate of drug-likeness (QED) is 0.716. The highest BCUT2D eigenvalue weighted by molar-refractivity contribution is 5.10. The molecule has 3 nitrogen and oxygen atoms in total. The molecular weight excluding hydrogens is 324 g/mol. The molecule has 3 heteroatoms. The first-order valence-electron chi connectivity index (χ1n) is 11.6. The Labute approximate surface area is 158 Å². The number of epoxide rings is 1. The fourth-order valence-corrected chi connectivity index (χ4v) is 8.35. The summed E-state index contributed by atoms with van der Waals surface area (Å²) in [6.45, 7) is 2.62. The standard InChI is InChI=1S/C23H38O3/c1-22-13-3-2-5-15(22)8-10-17-18(22)12-14-23(25)16(9-11-19(17)23)6-4-7-20-21(24)26-20/h15-21,24-25H,2-14H2,1H3. The van der Waals surface area contributed by atoms with E-state index in [1.165, 1.54) is 57.8 Å². The molecule has 26 heavy (non-hydrogen) atoms. The summed E-state index contributed by atoms with van der Waals surface area (Å²) in [5.41, 5.74) is 0.183. The van der Waals surface area contributed by atoms with Gasteiger partial charge in [-0.1, -0.05) is 26.2 Å². The minimum absolute atomic E-state index is 0.0825. The van der Waals surface area contributed by atoms with Crippen LogP contribution in [0.25, 0.3) is 0 Å². The first-order valence-corrected chi connectivity index (χ1v) is 11.6. The van der Waals surface area contributed by atoms with E-state index in [-0.39, 0.29) is 11.7 Å². The Hall–Kier alpha value is -0.120. The van der Waals surface area contributed by atoms with Crippen LogP contribution in [0.5, 0.6) is 0 Å². The Bertz CT molecular complexity index is 536. The largest absolute Gasteiger partial charge is 0.389 e. The fourth-order valence-electron chi connectivity index (χ4n) is 8.35. The topological polar surface area (TPSA) is 53.0 Å². The zero-order chi connectivity index (χ0) is 17.9. The van der Waals surface area contributed by atoms with Crippen molar-refractivity contribution in [1.29, 1.82) is 0 Å². The van der Waals surface area contributed by atoms with Crippen LogP contribution in [0, 0.1) is 35.0 Å². The molecule has 5 fully saturated rings. The number of aliphatic hydroxyl groups is 2. The average molecular weight is 363 g/mol. The van der Waals surface area contributed by atoms with Gasteiger partial charge in [0, 0.05) is 0 Å². The molecular formula is C23H38O3. The molecule has 5 aliphatic rings. The van der Waals surface area contributed by atoms with Gasteiger partial charge in [-0.2, -0.15) is 0 Å². The molecule has 148 valence electrons. The molecule has 0 aromatic heterocycles. The molecule has 9 atom stereocenters. The summed E-state index contributed by atoms with van der Waals surface area (Å²) >= 11 is 0. The van der Waals surface area contributed by atoms with Crippen LogP contribution in [0.1, 0.15) is 90.4 Å². The lowest BCUT2D eigenvalue weighted by atomic mass is 9.46. The van der Waals surface area contributed by atoms with E-state index in [2.05, 4.69) is 6.92 Å². The molecule has 1 saturated heterocycles. The normalized spacial score (nSPS) is 55.7. The first-order chi connectivity index (χ1) is 12.5. The minimum Gasteiger partial charge on any atom is -0.389 e. The number of aliphatic hydroxyl groups excluding tert-OH is 1. The molecule has 4 aliphatic carbocycles. The summed E-state index contributed by atoms with van der Waals surface area (Å²) in [5, 5.41) is 21.1. The van der Waals surface area contributed by atoms with Gasteiger partial charge >= 0.3 is 0 Å². The van der Waals surface area contributed by atoms with Crippen LogP contribution in [-0.2, 0) is 4.74 Å². The van der Waals surface area contributed by atoms with Crippen molar-refractivity contribution < 1.29 is 14.9 Å². The molecule has 1 heterocycles. The van der Waals surface area contributed by atoms with Crippen molar-refractivity contribution in [2.75, 3.05) is 0 Å². The van der Waals surface area contributed by atoms with E-state index in [9.17, 15) is 10.2 Å². The Kier molecular flexibility index (Phi) is 4.46. The maximum atomic E-state index is 11.7. The molecule has 0 aromatic rings. The summed E-state index contributed by atoms with van der Waals surface area (Å²) in [6, 6.07) is 0. The summed E-state index contributed by atoms with van der Waals surface area (Å²) in [7, 11) is 0. The SMILES string of the molecule is CC12CCCCC1CCC1C2CCC2(O)C(CCCC3OC3O)CCC12. The molecule has 1 aliphatic heterocycles. The van der Waals surface area contributed by atoms with Crippen LogP contribution in [0.15, 0.2) is 0 Å². The van der Waals surface area contributed by atoms with Crippen LogP contribution in [0.3, 0.4) is 0 Å². The van der Waals surface area contributed by atoms with Crippen molar-refractivity contribution in [1.82, 2.24) is 0 Å². The van der Waals surface area contributed by atoms with Crippen LogP contribution in [-0.4, -0.2) is 28.2 Å². The Morgan fingerprint density at radius 3 is 2.58 bits per heavy atom. The maximum absolute atomic E-state index is 11.7. The minimum atomic E-state index is -0.503. The monoisotopic (exact) mass is 362 g/mol. The van der Waals surface area contributed by atoms with Gasteiger partial charge in [0.1, 0.15) is 6.10 Å². The highest BCUT2D eigenvalue weighted by Gasteiger charge is 2.60. The average Bonchev–Trinajstić information content (AvgIpc) is 3.22. The van der Waals surface area contributed by atoms with Gasteiger partial charge in [-0.05, 0) is 99.2 Å². The van der Waals surface area contributed by atoms with Crippen LogP contribution in [0.2, 0.25) is 0 Å². The van der Waals surface area contributed by atoms with Gasteiger partial charge in [0.25, 0.3) is 0 Å². The molecule has 4 saturated carbocycles. The third kappa shape index (κ3) is 2.71. The van der Waals surface area contributed by atoms with Crippen molar-refractivity contribution in [3.8, 4) is 0 Å². The fraction of sp³-hybridized carbons (Fsp3) is 1.00. The molecule has 0 aromatic carbocycles. The van der Waals surface area contributed by atoms with E-state index in [4.69, 9.17) is 4.74 Å². The van der Waals surface area contributed by atoms with Crippen molar-refractivity contribution in [2.45, 2.75) is 108 Å². The van der Waals surface area contributed by atoms with Gasteiger partial charge in [0.15, 0.2) is 6.29 Å². The van der Waals surface area contributed by atoms with Gasteiger partial charge in [0.2, 0.25) is 0 Å². The van der Waals surface area contributed by atoms with E-state index in [0.29, 0.717) is 17.3 Å². The van der Waals surface area contributed by atoms with Crippen LogP contribution >= 0.6 is 0 Å². The number of hydrogen-bond acceptors (Lipinski definition) is 3. The third-order valence-electron chi connectivity index (χ3n) is 9.81. The third-order valence-corrected chi connectivity index (χ3v) is 9.81. The molecule has 2 N–H and O–H groups in total. The molecule has 0 spiro atoms. The smallest absolute Gasteiger partial charge is 0.181 e. The lowest BCUT2D eigenvalue weighted by molar-refractivity contribution is -0.155. The predicted octanol–water partition coefficient (Wildman–Crippen LogP) is 4.65. The van der Waals surface area contributed by atoms with E-state index < -0.39 is 6.29 Å². The Morgan fingerprint density at radius 2 is 1.77 bits per heavy atom. The molecule has 0 radical (unpaired) electrons. The van der Waals surface area contributed by atoms with Gasteiger partial charge in [-0.15, -0.1) is 0 Å². The summed E-state index contributed by atoms with van der Waals surface area (Å²) < 4.78 is 5.14. The van der Waals surface area contributed by atoms with Crippen LogP contribution < -0.4 is 0 Å². The van der Waals surface area contributed by atoms with Gasteiger partial charge < -0.3 is 14.9 Å². The molecule has 5 rings (SSSR count). The summed E-state index contributed by atoms with van der Waals surface area (Å²) in [4.78, 5) is 0. The predicted molar refractivity (Wildman–Crippen MR) is 101 cm³/mol. The van der Waals surface area contributed by atoms with E-state index in [0.717, 1.165) is 43.4 Å². The molecule has 0 bridgehead atoms. The second-order valence-electron chi connectivity index (χ2n) is 10.7. The van der Waals surface area contributed by atoms with Gasteiger partial charge in [-0.3, -0.25) is 0 Å². The van der Waals surface area contributed by atoms with Gasteiger partial charge in [-0.25, -0.2) is 0 Å². The lowest BCUT2D eigenvalue weighted by Gasteiger charge is -2.60. The van der Waals surface area contributed by atoms with Crippen molar-refractivity contribution in [3.05, 3.63) is 0 Å². The summed E-state index contributed by atoms with van der Waals surface area (Å²) in [6.07, 6.45) is 16.1. The molecule has 9 unspecified atom stereocenters. The molecule has 0 amide bonds. The number of hydrogen-bond donors (Lipinski definition) is 2. The van der Waals surface area contributed by atoms with Crippen molar-refractivity contribution in [2.24, 2.45) is 35.0 Å². The van der Waals surface area contributed by atoms with Gasteiger partial charge in [0.05, 0.1) is 5.60 Å².